The van der Waals surface area contributed by atoms with E-state index in [0.29, 0.717) is 25.4 Å². The van der Waals surface area contributed by atoms with Crippen LogP contribution in [0, 0.1) is 0 Å². The highest BCUT2D eigenvalue weighted by molar-refractivity contribution is 9.14. The maximum atomic E-state index is 10.8. The first-order chi connectivity index (χ1) is 9.40. The first kappa shape index (κ1) is 17.8. The van der Waals surface area contributed by atoms with Crippen LogP contribution in [-0.4, -0.2) is 16.4 Å². The van der Waals surface area contributed by atoms with Gasteiger partial charge in [0.25, 0.3) is 0 Å². The number of carboxylic acid groups (broad SMARTS) is 1. The number of carbonyl (C=O) groups is 1. The molecule has 1 aromatic rings. The van der Waals surface area contributed by atoms with E-state index in [9.17, 15) is 9.90 Å². The van der Waals surface area contributed by atoms with Crippen LogP contribution in [0.5, 0.6) is 11.5 Å². The van der Waals surface area contributed by atoms with Crippen molar-refractivity contribution in [3.8, 4) is 11.5 Å². The molecule has 0 heterocycles. The maximum absolute atomic E-state index is 10.8. The van der Waals surface area contributed by atoms with Gasteiger partial charge in [0.1, 0.15) is 0 Å². The highest BCUT2D eigenvalue weighted by Gasteiger charge is 2.23. The second-order valence-corrected chi connectivity index (χ2v) is 6.66. The second kappa shape index (κ2) is 8.24. The Morgan fingerprint density at radius 3 is 2.30 bits per heavy atom. The van der Waals surface area contributed by atoms with Crippen molar-refractivity contribution >= 4 is 53.9 Å². The zero-order chi connectivity index (χ0) is 15.3. The minimum atomic E-state index is -1.45. The maximum Gasteiger partial charge on any atom is 0.511 e. The van der Waals surface area contributed by atoms with Gasteiger partial charge in [0.15, 0.2) is 11.5 Å². The lowest BCUT2D eigenvalue weighted by molar-refractivity contribution is 0.142. The van der Waals surface area contributed by atoms with Gasteiger partial charge in [-0.25, -0.2) is 4.79 Å². The zero-order valence-corrected chi connectivity index (χ0v) is 15.6. The molecule has 20 heavy (non-hydrogen) atoms. The predicted molar refractivity (Wildman–Crippen MR) is 87.7 cm³/mol. The molecule has 4 nitrogen and oxygen atoms in total. The summed E-state index contributed by atoms with van der Waals surface area (Å²) in [4.78, 5) is 10.8. The van der Waals surface area contributed by atoms with Gasteiger partial charge in [0, 0.05) is 10.0 Å². The summed E-state index contributed by atoms with van der Waals surface area (Å²) < 4.78 is 6.42. The summed E-state index contributed by atoms with van der Waals surface area (Å²) in [5.41, 5.74) is 0.649. The minimum Gasteiger partial charge on any atom is -0.503 e. The number of benzene rings is 1. The monoisotopic (exact) mass is 472 g/mol. The van der Waals surface area contributed by atoms with Crippen LogP contribution in [0.4, 0.5) is 4.79 Å². The summed E-state index contributed by atoms with van der Waals surface area (Å²) >= 11 is 9.96. The number of unbranched alkanes of at least 4 members (excludes halogenated alkanes) is 3. The molecule has 2 N–H and O–H groups in total. The molecule has 0 atom stereocenters. The predicted octanol–water partition coefficient (Wildman–Crippen LogP) is 5.86. The SMILES string of the molecule is CCCCCCc1c(Br)c(Br)c(Br)c(O)c1OC(=O)O. The summed E-state index contributed by atoms with van der Waals surface area (Å²) in [6.45, 7) is 2.12. The smallest absolute Gasteiger partial charge is 0.503 e. The van der Waals surface area contributed by atoms with E-state index in [1.165, 1.54) is 0 Å². The second-order valence-electron chi connectivity index (χ2n) is 4.28. The molecule has 1 rings (SSSR count). The molecule has 0 aromatic heterocycles. The van der Waals surface area contributed by atoms with Gasteiger partial charge in [-0.1, -0.05) is 26.2 Å². The summed E-state index contributed by atoms with van der Waals surface area (Å²) in [6.07, 6.45) is 3.37. The Balaban J connectivity index is 3.13. The fraction of sp³-hybridized carbons (Fsp3) is 0.462. The van der Waals surface area contributed by atoms with Crippen LogP contribution < -0.4 is 4.74 Å². The van der Waals surface area contributed by atoms with Gasteiger partial charge in [-0.05, 0) is 60.6 Å². The average molecular weight is 475 g/mol. The van der Waals surface area contributed by atoms with E-state index >= 15 is 0 Å². The molecule has 0 unspecified atom stereocenters. The molecule has 0 saturated carbocycles. The lowest BCUT2D eigenvalue weighted by Crippen LogP contribution is -2.07. The van der Waals surface area contributed by atoms with Gasteiger partial charge in [0.05, 0.1) is 8.95 Å². The molecule has 0 aliphatic carbocycles. The van der Waals surface area contributed by atoms with Crippen molar-refractivity contribution in [1.29, 1.82) is 0 Å². The largest absolute Gasteiger partial charge is 0.511 e. The van der Waals surface area contributed by atoms with Crippen LogP contribution in [0.1, 0.15) is 38.2 Å². The third-order valence-electron chi connectivity index (χ3n) is 2.82. The standard InChI is InChI=1S/C13H15Br3O4/c1-2-3-4-5-6-7-8(14)9(15)10(16)11(17)12(7)20-13(18)19/h17H,2-6H2,1H3,(H,18,19). The summed E-state index contributed by atoms with van der Waals surface area (Å²) in [5, 5.41) is 18.9. The molecule has 0 aliphatic heterocycles. The number of hydrogen-bond acceptors (Lipinski definition) is 3. The fourth-order valence-electron chi connectivity index (χ4n) is 1.82. The number of phenolic OH excluding ortho intramolecular Hbond substituents is 1. The molecule has 112 valence electrons. The summed E-state index contributed by atoms with van der Waals surface area (Å²) in [5.74, 6) is -0.232. The number of phenols is 1. The normalized spacial score (nSPS) is 10.6. The number of halogens is 3. The number of ether oxygens (including phenoxy) is 1. The molecule has 0 aliphatic rings. The van der Waals surface area contributed by atoms with E-state index in [-0.39, 0.29) is 11.5 Å². The molecular formula is C13H15Br3O4. The Morgan fingerprint density at radius 2 is 1.75 bits per heavy atom. The van der Waals surface area contributed by atoms with Crippen LogP contribution in [0.15, 0.2) is 13.4 Å². The number of aromatic hydroxyl groups is 1. The molecule has 0 amide bonds. The fourth-order valence-corrected chi connectivity index (χ4v) is 3.47. The van der Waals surface area contributed by atoms with Crippen LogP contribution in [0.3, 0.4) is 0 Å². The Labute approximate surface area is 142 Å². The highest BCUT2D eigenvalue weighted by Crippen LogP contribution is 2.48. The number of rotatable bonds is 6. The van der Waals surface area contributed by atoms with Crippen molar-refractivity contribution in [2.75, 3.05) is 0 Å². The van der Waals surface area contributed by atoms with Crippen molar-refractivity contribution in [2.24, 2.45) is 0 Å². The quantitative estimate of drug-likeness (QED) is 0.234. The molecule has 0 bridgehead atoms. The van der Waals surface area contributed by atoms with Crippen molar-refractivity contribution in [1.82, 2.24) is 0 Å². The van der Waals surface area contributed by atoms with E-state index in [1.807, 2.05) is 0 Å². The molecular weight excluding hydrogens is 460 g/mol. The van der Waals surface area contributed by atoms with Gasteiger partial charge >= 0.3 is 6.16 Å². The molecule has 0 radical (unpaired) electrons. The van der Waals surface area contributed by atoms with Crippen LogP contribution >= 0.6 is 47.8 Å². The Kier molecular flexibility index (Phi) is 7.33. The van der Waals surface area contributed by atoms with Gasteiger partial charge in [-0.3, -0.25) is 0 Å². The van der Waals surface area contributed by atoms with Gasteiger partial charge < -0.3 is 14.9 Å². The van der Waals surface area contributed by atoms with E-state index in [2.05, 4.69) is 54.7 Å². The van der Waals surface area contributed by atoms with Crippen molar-refractivity contribution in [3.05, 3.63) is 19.0 Å². The lowest BCUT2D eigenvalue weighted by Gasteiger charge is -2.15. The van der Waals surface area contributed by atoms with Crippen LogP contribution in [0.2, 0.25) is 0 Å². The lowest BCUT2D eigenvalue weighted by atomic mass is 10.0. The van der Waals surface area contributed by atoms with Crippen molar-refractivity contribution in [2.45, 2.75) is 39.0 Å². The molecule has 7 heteroatoms. The van der Waals surface area contributed by atoms with Gasteiger partial charge in [0.2, 0.25) is 0 Å². The molecule has 0 spiro atoms. The number of hydrogen-bond donors (Lipinski definition) is 2. The van der Waals surface area contributed by atoms with Crippen molar-refractivity contribution < 1.29 is 19.7 Å². The van der Waals surface area contributed by atoms with E-state index in [1.54, 1.807) is 0 Å². The highest BCUT2D eigenvalue weighted by atomic mass is 79.9. The Bertz CT molecular complexity index is 503. The van der Waals surface area contributed by atoms with E-state index in [4.69, 9.17) is 9.84 Å². The Morgan fingerprint density at radius 1 is 1.10 bits per heavy atom. The molecule has 0 fully saturated rings. The first-order valence-electron chi connectivity index (χ1n) is 6.19. The van der Waals surface area contributed by atoms with Gasteiger partial charge in [-0.15, -0.1) is 0 Å². The molecule has 0 saturated heterocycles. The third-order valence-corrected chi connectivity index (χ3v) is 6.32. The molecule has 1 aromatic carbocycles. The van der Waals surface area contributed by atoms with Gasteiger partial charge in [-0.2, -0.15) is 0 Å². The topological polar surface area (TPSA) is 66.8 Å². The Hall–Kier alpha value is -0.270. The van der Waals surface area contributed by atoms with Crippen LogP contribution in [0.25, 0.3) is 0 Å². The average Bonchev–Trinajstić information content (AvgIpc) is 2.41. The zero-order valence-electron chi connectivity index (χ0n) is 10.9. The van der Waals surface area contributed by atoms with Crippen LogP contribution in [-0.2, 0) is 6.42 Å². The summed E-state index contributed by atoms with van der Waals surface area (Å²) in [6, 6.07) is 0. The summed E-state index contributed by atoms with van der Waals surface area (Å²) in [7, 11) is 0. The first-order valence-corrected chi connectivity index (χ1v) is 8.57. The van der Waals surface area contributed by atoms with Crippen molar-refractivity contribution in [3.63, 3.8) is 0 Å². The third kappa shape index (κ3) is 4.36. The van der Waals surface area contributed by atoms with E-state index < -0.39 is 6.16 Å². The van der Waals surface area contributed by atoms with E-state index in [0.717, 1.165) is 25.7 Å². The minimum absolute atomic E-state index is 0.0176.